The first-order valence-corrected chi connectivity index (χ1v) is 6.85. The van der Waals surface area contributed by atoms with Gasteiger partial charge in [-0.1, -0.05) is 6.92 Å². The highest BCUT2D eigenvalue weighted by molar-refractivity contribution is 5.75. The molecular weight excluding hydrogens is 214 g/mol. The summed E-state index contributed by atoms with van der Waals surface area (Å²) in [5.74, 6) is 0. The van der Waals surface area contributed by atoms with Crippen molar-refractivity contribution in [2.24, 2.45) is 5.73 Å². The second kappa shape index (κ2) is 6.24. The molecule has 0 aromatic carbocycles. The highest BCUT2D eigenvalue weighted by atomic mass is 16.2. The van der Waals surface area contributed by atoms with E-state index >= 15 is 0 Å². The van der Waals surface area contributed by atoms with Crippen molar-refractivity contribution in [1.82, 2.24) is 9.80 Å². The quantitative estimate of drug-likeness (QED) is 0.819. The van der Waals surface area contributed by atoms with Gasteiger partial charge in [0, 0.05) is 26.2 Å². The van der Waals surface area contributed by atoms with Crippen LogP contribution in [0, 0.1) is 0 Å². The number of rotatable bonds is 4. The van der Waals surface area contributed by atoms with E-state index in [1.165, 1.54) is 6.42 Å². The number of hydrogen-bond donors (Lipinski definition) is 1. The highest BCUT2D eigenvalue weighted by Crippen LogP contribution is 2.21. The van der Waals surface area contributed by atoms with Crippen molar-refractivity contribution in [3.05, 3.63) is 0 Å². The Hall–Kier alpha value is -0.770. The topological polar surface area (TPSA) is 49.6 Å². The van der Waals surface area contributed by atoms with Crippen molar-refractivity contribution < 1.29 is 4.79 Å². The molecule has 1 rings (SSSR count). The Morgan fingerprint density at radius 3 is 2.29 bits per heavy atom. The number of piperidine rings is 1. The largest absolute Gasteiger partial charge is 0.328 e. The van der Waals surface area contributed by atoms with Crippen LogP contribution in [0.1, 0.15) is 46.5 Å². The van der Waals surface area contributed by atoms with Gasteiger partial charge >= 0.3 is 6.03 Å². The fraction of sp³-hybridized carbons (Fsp3) is 0.923. The zero-order valence-corrected chi connectivity index (χ0v) is 11.5. The SMILES string of the molecule is CCN(C(=O)N1CCCCC1)C(C)(CC)CN. The molecule has 4 nitrogen and oxygen atoms in total. The average molecular weight is 241 g/mol. The summed E-state index contributed by atoms with van der Waals surface area (Å²) in [5, 5.41) is 0. The minimum atomic E-state index is -0.205. The predicted octanol–water partition coefficient (Wildman–Crippen LogP) is 2.04. The lowest BCUT2D eigenvalue weighted by molar-refractivity contribution is 0.0918. The third kappa shape index (κ3) is 3.12. The highest BCUT2D eigenvalue weighted by Gasteiger charge is 2.34. The van der Waals surface area contributed by atoms with Gasteiger partial charge < -0.3 is 15.5 Å². The molecule has 0 aromatic rings. The molecule has 2 amide bonds. The minimum Gasteiger partial charge on any atom is -0.328 e. The van der Waals surface area contributed by atoms with E-state index in [1.54, 1.807) is 0 Å². The van der Waals surface area contributed by atoms with E-state index in [0.717, 1.165) is 38.9 Å². The van der Waals surface area contributed by atoms with E-state index in [0.29, 0.717) is 6.54 Å². The lowest BCUT2D eigenvalue weighted by Gasteiger charge is -2.43. The molecule has 1 fully saturated rings. The Kier molecular flexibility index (Phi) is 5.25. The number of urea groups is 1. The van der Waals surface area contributed by atoms with Gasteiger partial charge in [0.05, 0.1) is 5.54 Å². The van der Waals surface area contributed by atoms with Crippen LogP contribution in [0.4, 0.5) is 4.79 Å². The molecule has 4 heteroatoms. The average Bonchev–Trinajstić information content (AvgIpc) is 2.40. The summed E-state index contributed by atoms with van der Waals surface area (Å²) in [6, 6.07) is 0.169. The number of nitrogens with zero attached hydrogens (tertiary/aromatic N) is 2. The monoisotopic (exact) mass is 241 g/mol. The van der Waals surface area contributed by atoms with Gasteiger partial charge in [0.15, 0.2) is 0 Å². The smallest absolute Gasteiger partial charge is 0.320 e. The van der Waals surface area contributed by atoms with Crippen LogP contribution in [0.25, 0.3) is 0 Å². The molecule has 0 aromatic heterocycles. The Balaban J connectivity index is 2.74. The van der Waals surface area contributed by atoms with Crippen LogP contribution in [0.2, 0.25) is 0 Å². The molecule has 1 unspecified atom stereocenters. The van der Waals surface area contributed by atoms with Gasteiger partial charge in [0.2, 0.25) is 0 Å². The minimum absolute atomic E-state index is 0.169. The van der Waals surface area contributed by atoms with Crippen LogP contribution in [-0.2, 0) is 0 Å². The van der Waals surface area contributed by atoms with Gasteiger partial charge in [-0.15, -0.1) is 0 Å². The molecule has 1 aliphatic rings. The molecule has 100 valence electrons. The Morgan fingerprint density at radius 2 is 1.88 bits per heavy atom. The van der Waals surface area contributed by atoms with E-state index in [1.807, 2.05) is 16.7 Å². The summed E-state index contributed by atoms with van der Waals surface area (Å²) >= 11 is 0. The van der Waals surface area contributed by atoms with E-state index in [9.17, 15) is 4.79 Å². The molecule has 1 saturated heterocycles. The van der Waals surface area contributed by atoms with Crippen molar-refractivity contribution in [2.75, 3.05) is 26.2 Å². The molecule has 0 radical (unpaired) electrons. The van der Waals surface area contributed by atoms with Gasteiger partial charge in [-0.2, -0.15) is 0 Å². The molecule has 1 aliphatic heterocycles. The maximum Gasteiger partial charge on any atom is 0.320 e. The molecule has 0 aliphatic carbocycles. The van der Waals surface area contributed by atoms with Crippen molar-refractivity contribution in [3.63, 3.8) is 0 Å². The van der Waals surface area contributed by atoms with E-state index in [2.05, 4.69) is 13.8 Å². The molecule has 0 saturated carbocycles. The Labute approximate surface area is 105 Å². The maximum atomic E-state index is 12.5. The second-order valence-electron chi connectivity index (χ2n) is 5.13. The van der Waals surface area contributed by atoms with Gasteiger partial charge in [-0.05, 0) is 39.5 Å². The second-order valence-corrected chi connectivity index (χ2v) is 5.13. The van der Waals surface area contributed by atoms with Crippen LogP contribution >= 0.6 is 0 Å². The number of likely N-dealkylation sites (tertiary alicyclic amines) is 1. The predicted molar refractivity (Wildman–Crippen MR) is 71.0 cm³/mol. The third-order valence-electron chi connectivity index (χ3n) is 4.03. The zero-order valence-electron chi connectivity index (χ0n) is 11.5. The third-order valence-corrected chi connectivity index (χ3v) is 4.03. The maximum absolute atomic E-state index is 12.5. The number of likely N-dealkylation sites (N-methyl/N-ethyl adjacent to an activating group) is 1. The molecule has 0 spiro atoms. The standard InChI is InChI=1S/C13H27N3O/c1-4-13(3,11-14)16(5-2)12(17)15-9-7-6-8-10-15/h4-11,14H2,1-3H3. The number of nitrogens with two attached hydrogens (primary N) is 1. The summed E-state index contributed by atoms with van der Waals surface area (Å²) in [7, 11) is 0. The molecule has 1 atom stereocenters. The lowest BCUT2D eigenvalue weighted by Crippen LogP contribution is -2.58. The number of amides is 2. The van der Waals surface area contributed by atoms with Crippen LogP contribution in [-0.4, -0.2) is 47.5 Å². The lowest BCUT2D eigenvalue weighted by atomic mass is 9.96. The van der Waals surface area contributed by atoms with Crippen LogP contribution in [0.15, 0.2) is 0 Å². The van der Waals surface area contributed by atoms with E-state index < -0.39 is 0 Å². The van der Waals surface area contributed by atoms with Gasteiger partial charge in [0.1, 0.15) is 0 Å². The summed E-state index contributed by atoms with van der Waals surface area (Å²) < 4.78 is 0. The summed E-state index contributed by atoms with van der Waals surface area (Å²) in [4.78, 5) is 16.4. The van der Waals surface area contributed by atoms with Crippen LogP contribution < -0.4 is 5.73 Å². The summed E-state index contributed by atoms with van der Waals surface area (Å²) in [6.07, 6.45) is 4.41. The zero-order chi connectivity index (χ0) is 12.9. The van der Waals surface area contributed by atoms with E-state index in [4.69, 9.17) is 5.73 Å². The van der Waals surface area contributed by atoms with Crippen molar-refractivity contribution in [2.45, 2.75) is 52.0 Å². The molecule has 17 heavy (non-hydrogen) atoms. The normalized spacial score (nSPS) is 19.9. The first-order valence-electron chi connectivity index (χ1n) is 6.85. The molecule has 1 heterocycles. The Bertz CT molecular complexity index is 245. The van der Waals surface area contributed by atoms with Gasteiger partial charge in [0.25, 0.3) is 0 Å². The van der Waals surface area contributed by atoms with Crippen LogP contribution in [0.5, 0.6) is 0 Å². The van der Waals surface area contributed by atoms with Crippen molar-refractivity contribution in [1.29, 1.82) is 0 Å². The van der Waals surface area contributed by atoms with Crippen LogP contribution in [0.3, 0.4) is 0 Å². The fourth-order valence-electron chi connectivity index (χ4n) is 2.45. The first kappa shape index (κ1) is 14.3. The number of carbonyl (C=O) groups is 1. The summed E-state index contributed by atoms with van der Waals surface area (Å²) in [6.45, 7) is 9.27. The number of hydrogen-bond acceptors (Lipinski definition) is 2. The van der Waals surface area contributed by atoms with Gasteiger partial charge in [-0.25, -0.2) is 4.79 Å². The van der Waals surface area contributed by atoms with Crippen molar-refractivity contribution >= 4 is 6.03 Å². The molecular formula is C13H27N3O. The Morgan fingerprint density at radius 1 is 1.29 bits per heavy atom. The first-order chi connectivity index (χ1) is 8.09. The van der Waals surface area contributed by atoms with Gasteiger partial charge in [-0.3, -0.25) is 0 Å². The summed E-state index contributed by atoms with van der Waals surface area (Å²) in [5.41, 5.74) is 5.64. The number of carbonyl (C=O) groups excluding carboxylic acids is 1. The fourth-order valence-corrected chi connectivity index (χ4v) is 2.45. The van der Waals surface area contributed by atoms with E-state index in [-0.39, 0.29) is 11.6 Å². The molecule has 2 N–H and O–H groups in total. The van der Waals surface area contributed by atoms with Crippen molar-refractivity contribution in [3.8, 4) is 0 Å². The molecule has 0 bridgehead atoms.